The van der Waals surface area contributed by atoms with Crippen LogP contribution in [0.2, 0.25) is 0 Å². The molecular weight excluding hydrogens is 278 g/mol. The van der Waals surface area contributed by atoms with E-state index in [1.54, 1.807) is 0 Å². The fourth-order valence-electron chi connectivity index (χ4n) is 1.62. The fraction of sp³-hybridized carbons (Fsp3) is 0.0769. The number of aromatic nitrogens is 2. The van der Waals surface area contributed by atoms with Gasteiger partial charge in [-0.25, -0.2) is 14.6 Å². The molecule has 0 saturated heterocycles. The maximum Gasteiger partial charge on any atom is 0.347 e. The number of carbonyl (C=O) groups is 2. The first-order chi connectivity index (χ1) is 9.97. The normalized spacial score (nSPS) is 10.1. The summed E-state index contributed by atoms with van der Waals surface area (Å²) in [5.74, 6) is -2.12. The van der Waals surface area contributed by atoms with Gasteiger partial charge in [0.1, 0.15) is 12.3 Å². The quantitative estimate of drug-likeness (QED) is 0.695. The monoisotopic (exact) mass is 289 g/mol. The number of aromatic hydroxyl groups is 1. The summed E-state index contributed by atoms with van der Waals surface area (Å²) >= 11 is 0. The molecule has 0 saturated carbocycles. The summed E-state index contributed by atoms with van der Waals surface area (Å²) in [4.78, 5) is 37.4. The average molecular weight is 289 g/mol. The van der Waals surface area contributed by atoms with Crippen LogP contribution in [0.4, 0.5) is 5.69 Å². The molecule has 0 fully saturated rings. The smallest absolute Gasteiger partial charge is 0.347 e. The van der Waals surface area contributed by atoms with Crippen molar-refractivity contribution in [1.29, 1.82) is 0 Å². The number of anilines is 1. The zero-order valence-corrected chi connectivity index (χ0v) is 10.7. The first-order valence-electron chi connectivity index (χ1n) is 5.85. The number of hydrogen-bond donors (Lipinski definition) is 3. The predicted octanol–water partition coefficient (Wildman–Crippen LogP) is 0.286. The Morgan fingerprint density at radius 1 is 1.33 bits per heavy atom. The van der Waals surface area contributed by atoms with Crippen LogP contribution in [0, 0.1) is 0 Å². The van der Waals surface area contributed by atoms with E-state index >= 15 is 0 Å². The van der Waals surface area contributed by atoms with Crippen molar-refractivity contribution in [3.8, 4) is 5.75 Å². The van der Waals surface area contributed by atoms with Gasteiger partial charge in [-0.05, 0) is 24.3 Å². The lowest BCUT2D eigenvalue weighted by molar-refractivity contribution is -0.116. The van der Waals surface area contributed by atoms with Gasteiger partial charge in [0.25, 0.3) is 0 Å². The molecule has 0 unspecified atom stereocenters. The van der Waals surface area contributed by atoms with Gasteiger partial charge in [-0.1, -0.05) is 0 Å². The molecule has 0 aliphatic rings. The molecule has 0 spiro atoms. The van der Waals surface area contributed by atoms with Crippen LogP contribution >= 0.6 is 0 Å². The number of carboxylic acid groups (broad SMARTS) is 1. The Hall–Kier alpha value is -3.16. The van der Waals surface area contributed by atoms with Gasteiger partial charge >= 0.3 is 11.7 Å². The van der Waals surface area contributed by atoms with Crippen LogP contribution < -0.4 is 11.0 Å². The van der Waals surface area contributed by atoms with Crippen LogP contribution in [-0.2, 0) is 11.3 Å². The lowest BCUT2D eigenvalue weighted by atomic mass is 10.2. The number of rotatable bonds is 4. The Bertz CT molecular complexity index is 753. The summed E-state index contributed by atoms with van der Waals surface area (Å²) in [6.45, 7) is -0.271. The number of aromatic carboxylic acids is 1. The molecule has 8 nitrogen and oxygen atoms in total. The van der Waals surface area contributed by atoms with Gasteiger partial charge in [0.05, 0.1) is 11.3 Å². The van der Waals surface area contributed by atoms with Gasteiger partial charge in [0.2, 0.25) is 5.91 Å². The number of nitrogens with zero attached hydrogens (tertiary/aromatic N) is 2. The zero-order chi connectivity index (χ0) is 15.4. The van der Waals surface area contributed by atoms with Crippen LogP contribution in [0.5, 0.6) is 5.75 Å². The second kappa shape index (κ2) is 5.87. The summed E-state index contributed by atoms with van der Waals surface area (Å²) in [5, 5.41) is 20.8. The molecule has 2 aromatic rings. The molecule has 1 aromatic carbocycles. The first-order valence-corrected chi connectivity index (χ1v) is 5.85. The molecule has 108 valence electrons. The van der Waals surface area contributed by atoms with Crippen LogP contribution in [0.15, 0.2) is 41.5 Å². The number of amides is 1. The summed E-state index contributed by atoms with van der Waals surface area (Å²) in [6.07, 6.45) is 2.72. The second-order valence-electron chi connectivity index (χ2n) is 4.12. The molecule has 1 heterocycles. The van der Waals surface area contributed by atoms with Crippen molar-refractivity contribution in [3.63, 3.8) is 0 Å². The number of carboxylic acids is 1. The molecule has 0 bridgehead atoms. The van der Waals surface area contributed by atoms with E-state index in [0.717, 1.165) is 10.6 Å². The Morgan fingerprint density at radius 2 is 2.10 bits per heavy atom. The Labute approximate surface area is 118 Å². The van der Waals surface area contributed by atoms with Crippen LogP contribution in [0.25, 0.3) is 0 Å². The maximum absolute atomic E-state index is 11.8. The molecule has 0 aliphatic heterocycles. The largest absolute Gasteiger partial charge is 0.506 e. The number of phenols is 1. The third-order valence-electron chi connectivity index (χ3n) is 2.62. The van der Waals surface area contributed by atoms with Crippen LogP contribution in [0.3, 0.4) is 0 Å². The van der Waals surface area contributed by atoms with E-state index in [9.17, 15) is 19.5 Å². The predicted molar refractivity (Wildman–Crippen MR) is 72.2 cm³/mol. The highest BCUT2D eigenvalue weighted by atomic mass is 16.4. The second-order valence-corrected chi connectivity index (χ2v) is 4.12. The van der Waals surface area contributed by atoms with E-state index in [4.69, 9.17) is 5.11 Å². The van der Waals surface area contributed by atoms with E-state index < -0.39 is 17.6 Å². The molecule has 0 radical (unpaired) electrons. The van der Waals surface area contributed by atoms with E-state index in [2.05, 4.69) is 10.3 Å². The van der Waals surface area contributed by atoms with Crippen molar-refractivity contribution in [1.82, 2.24) is 9.55 Å². The molecule has 0 atom stereocenters. The number of benzene rings is 1. The number of carbonyl (C=O) groups excluding carboxylic acids is 1. The molecular formula is C13H11N3O5. The van der Waals surface area contributed by atoms with Crippen molar-refractivity contribution in [2.45, 2.75) is 6.54 Å². The van der Waals surface area contributed by atoms with Gasteiger partial charge in [-0.3, -0.25) is 9.36 Å². The Balaban J connectivity index is 2.12. The van der Waals surface area contributed by atoms with E-state index in [1.165, 1.54) is 30.6 Å². The van der Waals surface area contributed by atoms with Gasteiger partial charge < -0.3 is 15.5 Å². The summed E-state index contributed by atoms with van der Waals surface area (Å²) < 4.78 is 1.10. The Kier molecular flexibility index (Phi) is 3.98. The highest BCUT2D eigenvalue weighted by Crippen LogP contribution is 2.24. The van der Waals surface area contributed by atoms with E-state index in [1.807, 2.05) is 0 Å². The van der Waals surface area contributed by atoms with Crippen LogP contribution in [0.1, 0.15) is 10.4 Å². The molecule has 1 aromatic heterocycles. The summed E-state index contributed by atoms with van der Waals surface area (Å²) in [5.41, 5.74) is -0.617. The van der Waals surface area contributed by atoms with Crippen molar-refractivity contribution in [2.75, 3.05) is 5.32 Å². The minimum Gasteiger partial charge on any atom is -0.506 e. The fourth-order valence-corrected chi connectivity index (χ4v) is 1.62. The number of phenolic OH excluding ortho intramolecular Hbond substituents is 1. The molecule has 8 heteroatoms. The van der Waals surface area contributed by atoms with Gasteiger partial charge in [-0.2, -0.15) is 0 Å². The maximum atomic E-state index is 11.8. The van der Waals surface area contributed by atoms with Crippen molar-refractivity contribution < 1.29 is 19.8 Å². The van der Waals surface area contributed by atoms with Gasteiger partial charge in [0, 0.05) is 12.4 Å². The molecule has 21 heavy (non-hydrogen) atoms. The first kappa shape index (κ1) is 14.3. The minimum atomic E-state index is -1.19. The summed E-state index contributed by atoms with van der Waals surface area (Å²) in [7, 11) is 0. The number of hydrogen-bond acceptors (Lipinski definition) is 5. The molecule has 2 rings (SSSR count). The third-order valence-corrected chi connectivity index (χ3v) is 2.62. The topological polar surface area (TPSA) is 122 Å². The van der Waals surface area contributed by atoms with E-state index in [0.29, 0.717) is 0 Å². The average Bonchev–Trinajstić information content (AvgIpc) is 2.43. The van der Waals surface area contributed by atoms with Crippen molar-refractivity contribution >= 4 is 17.6 Å². The van der Waals surface area contributed by atoms with E-state index in [-0.39, 0.29) is 23.5 Å². The Morgan fingerprint density at radius 3 is 2.71 bits per heavy atom. The van der Waals surface area contributed by atoms with Crippen LogP contribution in [-0.4, -0.2) is 31.6 Å². The lowest BCUT2D eigenvalue weighted by Gasteiger charge is -2.08. The highest BCUT2D eigenvalue weighted by molar-refractivity contribution is 5.94. The van der Waals surface area contributed by atoms with Gasteiger partial charge in [0.15, 0.2) is 0 Å². The zero-order valence-electron chi connectivity index (χ0n) is 10.7. The lowest BCUT2D eigenvalue weighted by Crippen LogP contribution is -2.28. The summed E-state index contributed by atoms with van der Waals surface area (Å²) in [6, 6.07) is 5.04. The molecule has 1 amide bonds. The molecule has 3 N–H and O–H groups in total. The minimum absolute atomic E-state index is 0.0574. The SMILES string of the molecule is O=C(Cn1cccnc1=O)Nc1ccc(C(=O)O)cc1O. The third kappa shape index (κ3) is 3.44. The number of nitrogens with one attached hydrogen (secondary N) is 1. The van der Waals surface area contributed by atoms with Crippen molar-refractivity contribution in [2.24, 2.45) is 0 Å². The molecule has 0 aliphatic carbocycles. The standard InChI is InChI=1S/C13H11N3O5/c17-10-6-8(12(19)20)2-3-9(10)15-11(18)7-16-5-1-4-14-13(16)21/h1-6,17H,7H2,(H,15,18)(H,19,20). The highest BCUT2D eigenvalue weighted by Gasteiger charge is 2.11. The van der Waals surface area contributed by atoms with Crippen molar-refractivity contribution in [3.05, 3.63) is 52.7 Å². The van der Waals surface area contributed by atoms with Gasteiger partial charge in [-0.15, -0.1) is 0 Å².